The summed E-state index contributed by atoms with van der Waals surface area (Å²) in [5.41, 5.74) is 7.03. The molecule has 0 radical (unpaired) electrons. The third-order valence-electron chi connectivity index (χ3n) is 3.02. The van der Waals surface area contributed by atoms with E-state index in [0.29, 0.717) is 19.1 Å². The number of guanidine groups is 1. The van der Waals surface area contributed by atoms with Crippen LogP contribution in [0.25, 0.3) is 0 Å². The smallest absolute Gasteiger partial charge is 0.189 e. The van der Waals surface area contributed by atoms with Gasteiger partial charge in [-0.2, -0.15) is 0 Å². The van der Waals surface area contributed by atoms with Gasteiger partial charge in [0.2, 0.25) is 0 Å². The maximum atomic E-state index is 5.93. The first kappa shape index (κ1) is 17.3. The molecule has 0 aliphatic carbocycles. The summed E-state index contributed by atoms with van der Waals surface area (Å²) in [6.45, 7) is 7.24. The number of rotatable bonds is 8. The van der Waals surface area contributed by atoms with Gasteiger partial charge in [0, 0.05) is 13.2 Å². The van der Waals surface area contributed by atoms with E-state index in [4.69, 9.17) is 15.2 Å². The zero-order chi connectivity index (χ0) is 15.7. The molecule has 118 valence electrons. The van der Waals surface area contributed by atoms with Gasteiger partial charge in [0.15, 0.2) is 5.96 Å². The molecule has 0 spiro atoms. The van der Waals surface area contributed by atoms with Crippen LogP contribution < -0.4 is 15.8 Å². The molecule has 0 saturated carbocycles. The molecule has 0 fully saturated rings. The minimum absolute atomic E-state index is 0.0184. The Kier molecular flexibility index (Phi) is 7.61. The number of hydrogen-bond donors (Lipinski definition) is 2. The maximum Gasteiger partial charge on any atom is 0.189 e. The molecule has 0 heterocycles. The molecule has 0 saturated heterocycles. The Balaban J connectivity index is 2.50. The van der Waals surface area contributed by atoms with Gasteiger partial charge in [-0.05, 0) is 38.0 Å². The van der Waals surface area contributed by atoms with Crippen molar-refractivity contribution in [3.05, 3.63) is 29.8 Å². The Morgan fingerprint density at radius 3 is 2.81 bits per heavy atom. The zero-order valence-electron chi connectivity index (χ0n) is 13.4. The average Bonchev–Trinajstić information content (AvgIpc) is 2.43. The van der Waals surface area contributed by atoms with Crippen molar-refractivity contribution in [1.29, 1.82) is 0 Å². The van der Waals surface area contributed by atoms with E-state index >= 15 is 0 Å². The predicted molar refractivity (Wildman–Crippen MR) is 86.8 cm³/mol. The normalized spacial score (nSPS) is 14.6. The topological polar surface area (TPSA) is 68.9 Å². The molecule has 1 aromatic carbocycles. The number of benzene rings is 1. The van der Waals surface area contributed by atoms with Crippen LogP contribution in [-0.2, 0) is 4.74 Å². The molecule has 1 aromatic rings. The summed E-state index contributed by atoms with van der Waals surface area (Å²) in [7, 11) is 1.66. The lowest BCUT2D eigenvalue weighted by Crippen LogP contribution is -2.41. The maximum absolute atomic E-state index is 5.93. The van der Waals surface area contributed by atoms with Crippen molar-refractivity contribution in [2.45, 2.75) is 39.3 Å². The molecule has 0 aliphatic heterocycles. The summed E-state index contributed by atoms with van der Waals surface area (Å²) >= 11 is 0. The van der Waals surface area contributed by atoms with E-state index in [2.05, 4.69) is 17.2 Å². The van der Waals surface area contributed by atoms with Crippen LogP contribution in [0.1, 0.15) is 25.8 Å². The Hall–Kier alpha value is -1.75. The summed E-state index contributed by atoms with van der Waals surface area (Å²) < 4.78 is 11.0. The fraction of sp³-hybridized carbons (Fsp3) is 0.562. The van der Waals surface area contributed by atoms with E-state index in [1.807, 2.05) is 38.1 Å². The Labute approximate surface area is 127 Å². The first-order valence-corrected chi connectivity index (χ1v) is 7.33. The van der Waals surface area contributed by atoms with Crippen molar-refractivity contribution in [2.75, 3.05) is 20.3 Å². The number of methoxy groups -OCH3 is 1. The summed E-state index contributed by atoms with van der Waals surface area (Å²) in [6.07, 6.45) is 0.892. The summed E-state index contributed by atoms with van der Waals surface area (Å²) in [5.74, 6) is 1.29. The molecule has 21 heavy (non-hydrogen) atoms. The van der Waals surface area contributed by atoms with Gasteiger partial charge in [0.1, 0.15) is 11.9 Å². The number of aryl methyl sites for hydroxylation is 1. The predicted octanol–water partition coefficient (Wildman–Crippen LogP) is 2.09. The van der Waals surface area contributed by atoms with E-state index in [0.717, 1.165) is 12.2 Å². The van der Waals surface area contributed by atoms with Gasteiger partial charge < -0.3 is 20.5 Å². The van der Waals surface area contributed by atoms with E-state index in [1.54, 1.807) is 7.11 Å². The number of nitrogens with one attached hydrogen (secondary N) is 1. The van der Waals surface area contributed by atoms with Crippen LogP contribution in [0.3, 0.4) is 0 Å². The third-order valence-corrected chi connectivity index (χ3v) is 3.02. The van der Waals surface area contributed by atoms with Crippen LogP contribution in [0.5, 0.6) is 5.75 Å². The Bertz CT molecular complexity index is 449. The van der Waals surface area contributed by atoms with Crippen molar-refractivity contribution < 1.29 is 9.47 Å². The van der Waals surface area contributed by atoms with E-state index in [1.165, 1.54) is 5.56 Å². The molecular formula is C16H27N3O2. The Morgan fingerprint density at radius 2 is 2.19 bits per heavy atom. The molecular weight excluding hydrogens is 266 g/mol. The number of nitrogens with two attached hydrogens (primary N) is 1. The largest absolute Gasteiger partial charge is 0.489 e. The van der Waals surface area contributed by atoms with Crippen LogP contribution in [0.2, 0.25) is 0 Å². The highest BCUT2D eigenvalue weighted by Crippen LogP contribution is 2.15. The van der Waals surface area contributed by atoms with Gasteiger partial charge in [-0.3, -0.25) is 0 Å². The van der Waals surface area contributed by atoms with Gasteiger partial charge in [-0.1, -0.05) is 19.1 Å². The van der Waals surface area contributed by atoms with Gasteiger partial charge >= 0.3 is 0 Å². The number of nitrogens with zero attached hydrogens (tertiary/aromatic N) is 1. The van der Waals surface area contributed by atoms with Crippen LogP contribution in [0.15, 0.2) is 29.3 Å². The first-order chi connectivity index (χ1) is 10.0. The second kappa shape index (κ2) is 9.23. The highest BCUT2D eigenvalue weighted by Gasteiger charge is 2.08. The standard InChI is InChI=1S/C16H27N3O2/c1-5-14(21-15-8-6-7-12(2)9-15)10-18-16(17)19-13(3)11-20-4/h6-9,13-14H,5,10-11H2,1-4H3,(H3,17,18,19). The van der Waals surface area contributed by atoms with Crippen molar-refractivity contribution >= 4 is 5.96 Å². The molecule has 0 aliphatic rings. The molecule has 2 unspecified atom stereocenters. The second-order valence-corrected chi connectivity index (χ2v) is 5.19. The second-order valence-electron chi connectivity index (χ2n) is 5.19. The van der Waals surface area contributed by atoms with Crippen molar-refractivity contribution in [1.82, 2.24) is 5.32 Å². The monoisotopic (exact) mass is 293 g/mol. The third kappa shape index (κ3) is 6.99. The van der Waals surface area contributed by atoms with Crippen LogP contribution in [-0.4, -0.2) is 38.4 Å². The van der Waals surface area contributed by atoms with Crippen molar-refractivity contribution in [3.8, 4) is 5.75 Å². The Morgan fingerprint density at radius 1 is 1.43 bits per heavy atom. The molecule has 0 amide bonds. The fourth-order valence-corrected chi connectivity index (χ4v) is 1.92. The molecule has 1 rings (SSSR count). The highest BCUT2D eigenvalue weighted by atomic mass is 16.5. The van der Waals surface area contributed by atoms with Crippen LogP contribution >= 0.6 is 0 Å². The summed E-state index contributed by atoms with van der Waals surface area (Å²) in [6, 6.07) is 8.15. The summed E-state index contributed by atoms with van der Waals surface area (Å²) in [4.78, 5) is 4.34. The summed E-state index contributed by atoms with van der Waals surface area (Å²) in [5, 5.41) is 3.08. The molecule has 0 bridgehead atoms. The quantitative estimate of drug-likeness (QED) is 0.569. The molecule has 3 N–H and O–H groups in total. The number of aliphatic imine (C=N–C) groups is 1. The lowest BCUT2D eigenvalue weighted by molar-refractivity contribution is 0.179. The van der Waals surface area contributed by atoms with E-state index in [-0.39, 0.29) is 12.1 Å². The number of ether oxygens (including phenoxy) is 2. The van der Waals surface area contributed by atoms with E-state index < -0.39 is 0 Å². The van der Waals surface area contributed by atoms with Gasteiger partial charge in [-0.25, -0.2) is 4.99 Å². The van der Waals surface area contributed by atoms with Gasteiger partial charge in [0.05, 0.1) is 13.2 Å². The lowest BCUT2D eigenvalue weighted by atomic mass is 10.2. The van der Waals surface area contributed by atoms with Crippen molar-refractivity contribution in [3.63, 3.8) is 0 Å². The molecule has 2 atom stereocenters. The van der Waals surface area contributed by atoms with E-state index in [9.17, 15) is 0 Å². The number of hydrogen-bond acceptors (Lipinski definition) is 3. The van der Waals surface area contributed by atoms with Crippen LogP contribution in [0, 0.1) is 6.92 Å². The molecule has 5 heteroatoms. The average molecular weight is 293 g/mol. The lowest BCUT2D eigenvalue weighted by Gasteiger charge is -2.17. The minimum atomic E-state index is 0.0184. The van der Waals surface area contributed by atoms with Gasteiger partial charge in [-0.15, -0.1) is 0 Å². The highest BCUT2D eigenvalue weighted by molar-refractivity contribution is 5.78. The zero-order valence-corrected chi connectivity index (χ0v) is 13.4. The molecule has 0 aromatic heterocycles. The minimum Gasteiger partial charge on any atom is -0.489 e. The fourth-order valence-electron chi connectivity index (χ4n) is 1.92. The molecule has 5 nitrogen and oxygen atoms in total. The van der Waals surface area contributed by atoms with Crippen molar-refractivity contribution in [2.24, 2.45) is 10.7 Å². The van der Waals surface area contributed by atoms with Crippen LogP contribution in [0.4, 0.5) is 0 Å². The SMILES string of the molecule is CCC(CN=C(N)NC(C)COC)Oc1cccc(C)c1. The van der Waals surface area contributed by atoms with Gasteiger partial charge in [0.25, 0.3) is 0 Å². The first-order valence-electron chi connectivity index (χ1n) is 7.33.